The van der Waals surface area contributed by atoms with Gasteiger partial charge in [0.05, 0.1) is 0 Å². The Bertz CT molecular complexity index is 1090. The average molecular weight is 480 g/mol. The summed E-state index contributed by atoms with van der Waals surface area (Å²) in [5.41, 5.74) is 3.49. The van der Waals surface area contributed by atoms with Crippen LogP contribution in [0.3, 0.4) is 0 Å². The van der Waals surface area contributed by atoms with Gasteiger partial charge in [0.1, 0.15) is 17.7 Å². The van der Waals surface area contributed by atoms with Crippen LogP contribution < -0.4 is 10.6 Å². The van der Waals surface area contributed by atoms with Crippen LogP contribution in [0.15, 0.2) is 55.1 Å². The number of nitrogens with one attached hydrogen (secondary N) is 2. The number of alkyl carbamates (subject to hydrolysis) is 1. The molecule has 3 amide bonds. The molecule has 0 spiro atoms. The molecule has 7 heteroatoms. The van der Waals surface area contributed by atoms with Gasteiger partial charge in [0.15, 0.2) is 0 Å². The number of amides is 3. The number of hydrogen-bond donors (Lipinski definition) is 2. The first-order valence-electron chi connectivity index (χ1n) is 11.7. The van der Waals surface area contributed by atoms with Crippen molar-refractivity contribution in [2.75, 3.05) is 11.9 Å². The zero-order valence-corrected chi connectivity index (χ0v) is 21.8. The molecule has 0 aliphatic carbocycles. The van der Waals surface area contributed by atoms with E-state index in [0.717, 1.165) is 16.7 Å². The number of benzene rings is 2. The largest absolute Gasteiger partial charge is 0.444 e. The van der Waals surface area contributed by atoms with Crippen LogP contribution in [0.5, 0.6) is 0 Å². The molecule has 0 aliphatic heterocycles. The number of ether oxygens (including phenoxy) is 1. The highest BCUT2D eigenvalue weighted by atomic mass is 16.6. The van der Waals surface area contributed by atoms with Crippen molar-refractivity contribution in [3.63, 3.8) is 0 Å². The Labute approximate surface area is 208 Å². The molecule has 2 rings (SSSR count). The number of aryl methyl sites for hydroxylation is 3. The van der Waals surface area contributed by atoms with Gasteiger partial charge >= 0.3 is 6.09 Å². The van der Waals surface area contributed by atoms with Crippen molar-refractivity contribution in [3.8, 4) is 0 Å². The molecule has 0 fully saturated rings. The number of nitrogens with zero attached hydrogens (tertiary/aromatic N) is 1. The first-order chi connectivity index (χ1) is 16.3. The van der Waals surface area contributed by atoms with Crippen LogP contribution in [0.25, 0.3) is 0 Å². The molecule has 188 valence electrons. The van der Waals surface area contributed by atoms with Crippen LogP contribution in [-0.4, -0.2) is 41.0 Å². The third kappa shape index (κ3) is 7.70. The SMILES string of the molecule is C=CCN(C(=O)C(C)NC(=O)OC(C)(C)C)C(C(=O)Nc1ccccc1C)c1ccc(C)cc1C. The molecule has 0 aromatic heterocycles. The number of carbonyl (C=O) groups is 3. The molecule has 0 saturated carbocycles. The molecule has 2 unspecified atom stereocenters. The second kappa shape index (κ2) is 11.7. The summed E-state index contributed by atoms with van der Waals surface area (Å²) < 4.78 is 5.30. The summed E-state index contributed by atoms with van der Waals surface area (Å²) in [6, 6.07) is 11.3. The molecule has 0 aliphatic rings. The highest BCUT2D eigenvalue weighted by molar-refractivity contribution is 5.99. The van der Waals surface area contributed by atoms with Crippen LogP contribution >= 0.6 is 0 Å². The third-order valence-electron chi connectivity index (χ3n) is 5.40. The number of anilines is 1. The normalized spacial score (nSPS) is 12.8. The first-order valence-corrected chi connectivity index (χ1v) is 11.7. The monoisotopic (exact) mass is 479 g/mol. The van der Waals surface area contributed by atoms with Gasteiger partial charge in [-0.1, -0.05) is 48.0 Å². The van der Waals surface area contributed by atoms with E-state index in [4.69, 9.17) is 4.74 Å². The standard InChI is InChI=1S/C28H37N3O4/c1-9-16-31(26(33)21(5)29-27(34)35-28(6,7)8)24(22-15-14-18(2)17-20(22)4)25(32)30-23-13-11-10-12-19(23)3/h9-15,17,21,24H,1,16H2,2-8H3,(H,29,34)(H,30,32). The summed E-state index contributed by atoms with van der Waals surface area (Å²) >= 11 is 0. The molecule has 2 aromatic rings. The quantitative estimate of drug-likeness (QED) is 0.508. The van der Waals surface area contributed by atoms with Gasteiger partial charge in [-0.05, 0) is 71.2 Å². The van der Waals surface area contributed by atoms with Crippen LogP contribution in [-0.2, 0) is 14.3 Å². The highest BCUT2D eigenvalue weighted by Crippen LogP contribution is 2.28. The highest BCUT2D eigenvalue weighted by Gasteiger charge is 2.35. The Balaban J connectivity index is 2.46. The lowest BCUT2D eigenvalue weighted by molar-refractivity contribution is -0.139. The van der Waals surface area contributed by atoms with E-state index in [2.05, 4.69) is 17.2 Å². The van der Waals surface area contributed by atoms with Gasteiger partial charge in [-0.3, -0.25) is 9.59 Å². The smallest absolute Gasteiger partial charge is 0.408 e. The third-order valence-corrected chi connectivity index (χ3v) is 5.40. The number of para-hydroxylation sites is 1. The van der Waals surface area contributed by atoms with E-state index in [1.807, 2.05) is 63.2 Å². The summed E-state index contributed by atoms with van der Waals surface area (Å²) in [7, 11) is 0. The number of carbonyl (C=O) groups excluding carboxylic acids is 3. The topological polar surface area (TPSA) is 87.7 Å². The van der Waals surface area contributed by atoms with Crippen molar-refractivity contribution in [2.45, 2.75) is 66.2 Å². The second-order valence-electron chi connectivity index (χ2n) is 9.71. The van der Waals surface area contributed by atoms with E-state index in [-0.39, 0.29) is 12.5 Å². The fraction of sp³-hybridized carbons (Fsp3) is 0.393. The summed E-state index contributed by atoms with van der Waals surface area (Å²) in [6.45, 7) is 16.5. The van der Waals surface area contributed by atoms with Gasteiger partial charge in [0, 0.05) is 12.2 Å². The number of hydrogen-bond acceptors (Lipinski definition) is 4. The Morgan fingerprint density at radius 1 is 1.06 bits per heavy atom. The van der Waals surface area contributed by atoms with Crippen LogP contribution in [0, 0.1) is 20.8 Å². The van der Waals surface area contributed by atoms with Crippen LogP contribution in [0.1, 0.15) is 56.0 Å². The minimum absolute atomic E-state index is 0.109. The van der Waals surface area contributed by atoms with E-state index >= 15 is 0 Å². The summed E-state index contributed by atoms with van der Waals surface area (Å²) in [6.07, 6.45) is 0.861. The fourth-order valence-corrected chi connectivity index (χ4v) is 3.75. The van der Waals surface area contributed by atoms with Crippen molar-refractivity contribution in [1.29, 1.82) is 0 Å². The maximum atomic E-state index is 13.7. The summed E-state index contributed by atoms with van der Waals surface area (Å²) in [5.74, 6) is -0.786. The molecule has 0 saturated heterocycles. The Hall–Kier alpha value is -3.61. The van der Waals surface area contributed by atoms with Gasteiger partial charge < -0.3 is 20.3 Å². The lowest BCUT2D eigenvalue weighted by Crippen LogP contribution is -2.51. The Morgan fingerprint density at radius 3 is 2.29 bits per heavy atom. The minimum Gasteiger partial charge on any atom is -0.444 e. The average Bonchev–Trinajstić information content (AvgIpc) is 2.74. The second-order valence-corrected chi connectivity index (χ2v) is 9.71. The van der Waals surface area contributed by atoms with Gasteiger partial charge in [-0.15, -0.1) is 6.58 Å². The van der Waals surface area contributed by atoms with Crippen molar-refractivity contribution in [1.82, 2.24) is 10.2 Å². The summed E-state index contributed by atoms with van der Waals surface area (Å²) in [5, 5.41) is 5.56. The molecular formula is C28H37N3O4. The number of rotatable bonds is 8. The van der Waals surface area contributed by atoms with Crippen molar-refractivity contribution >= 4 is 23.6 Å². The maximum absolute atomic E-state index is 13.7. The molecule has 0 radical (unpaired) electrons. The zero-order chi connectivity index (χ0) is 26.3. The van der Waals surface area contributed by atoms with Crippen LogP contribution in [0.2, 0.25) is 0 Å². The Morgan fingerprint density at radius 2 is 1.71 bits per heavy atom. The first kappa shape index (κ1) is 27.6. The molecule has 2 aromatic carbocycles. The summed E-state index contributed by atoms with van der Waals surface area (Å²) in [4.78, 5) is 41.0. The molecular weight excluding hydrogens is 442 g/mol. The van der Waals surface area contributed by atoms with Gasteiger partial charge in [0.25, 0.3) is 5.91 Å². The molecule has 2 N–H and O–H groups in total. The molecule has 0 heterocycles. The van der Waals surface area contributed by atoms with E-state index in [1.54, 1.807) is 33.8 Å². The lowest BCUT2D eigenvalue weighted by atomic mass is 9.96. The Kier molecular flexibility index (Phi) is 9.23. The maximum Gasteiger partial charge on any atom is 0.408 e. The molecule has 7 nitrogen and oxygen atoms in total. The van der Waals surface area contributed by atoms with Crippen molar-refractivity contribution in [3.05, 3.63) is 77.4 Å². The van der Waals surface area contributed by atoms with Gasteiger partial charge in [-0.2, -0.15) is 0 Å². The predicted molar refractivity (Wildman–Crippen MR) is 139 cm³/mol. The van der Waals surface area contributed by atoms with E-state index < -0.39 is 29.7 Å². The van der Waals surface area contributed by atoms with Crippen LogP contribution in [0.4, 0.5) is 10.5 Å². The predicted octanol–water partition coefficient (Wildman–Crippen LogP) is 5.22. The molecule has 0 bridgehead atoms. The zero-order valence-electron chi connectivity index (χ0n) is 21.8. The minimum atomic E-state index is -0.941. The van der Waals surface area contributed by atoms with E-state index in [1.165, 1.54) is 4.90 Å². The molecule has 2 atom stereocenters. The van der Waals surface area contributed by atoms with E-state index in [0.29, 0.717) is 11.3 Å². The van der Waals surface area contributed by atoms with Gasteiger partial charge in [0.2, 0.25) is 5.91 Å². The molecule has 35 heavy (non-hydrogen) atoms. The van der Waals surface area contributed by atoms with Gasteiger partial charge in [-0.25, -0.2) is 4.79 Å². The van der Waals surface area contributed by atoms with E-state index in [9.17, 15) is 14.4 Å². The lowest BCUT2D eigenvalue weighted by Gasteiger charge is -2.33. The van der Waals surface area contributed by atoms with Crippen molar-refractivity contribution < 1.29 is 19.1 Å². The van der Waals surface area contributed by atoms with Crippen molar-refractivity contribution in [2.24, 2.45) is 0 Å². The fourth-order valence-electron chi connectivity index (χ4n) is 3.75.